The van der Waals surface area contributed by atoms with Gasteiger partial charge in [0.2, 0.25) is 0 Å². The van der Waals surface area contributed by atoms with Crippen molar-refractivity contribution in [3.63, 3.8) is 0 Å². The second-order valence-electron chi connectivity index (χ2n) is 4.82. The molecule has 1 fully saturated rings. The van der Waals surface area contributed by atoms with Crippen LogP contribution in [-0.2, 0) is 0 Å². The number of halogens is 1. The van der Waals surface area contributed by atoms with Crippen LogP contribution in [0.5, 0.6) is 5.75 Å². The van der Waals surface area contributed by atoms with E-state index in [1.54, 1.807) is 12.1 Å². The van der Waals surface area contributed by atoms with Gasteiger partial charge in [-0.25, -0.2) is 4.39 Å². The van der Waals surface area contributed by atoms with Gasteiger partial charge in [0, 0.05) is 19.6 Å². The van der Waals surface area contributed by atoms with E-state index in [1.165, 1.54) is 12.1 Å². The number of aliphatic hydroxyl groups excluding tert-OH is 1. The molecule has 5 heteroatoms. The Balaban J connectivity index is 1.71. The molecule has 0 amide bonds. The fourth-order valence-electron chi connectivity index (χ4n) is 2.16. The van der Waals surface area contributed by atoms with Crippen molar-refractivity contribution in [2.24, 2.45) is 0 Å². The third kappa shape index (κ3) is 5.14. The summed E-state index contributed by atoms with van der Waals surface area (Å²) < 4.78 is 18.2. The molecule has 2 rings (SSSR count). The summed E-state index contributed by atoms with van der Waals surface area (Å²) >= 11 is 0. The van der Waals surface area contributed by atoms with Gasteiger partial charge in [0.15, 0.2) is 0 Å². The van der Waals surface area contributed by atoms with Gasteiger partial charge in [0.1, 0.15) is 24.3 Å². The van der Waals surface area contributed by atoms with Gasteiger partial charge in [0.05, 0.1) is 0 Å². The summed E-state index contributed by atoms with van der Waals surface area (Å²) in [6, 6.07) is 5.83. The van der Waals surface area contributed by atoms with Crippen LogP contribution in [0, 0.1) is 5.82 Å². The van der Waals surface area contributed by atoms with Crippen molar-refractivity contribution in [2.45, 2.75) is 12.5 Å². The molecule has 0 radical (unpaired) electrons. The van der Waals surface area contributed by atoms with Gasteiger partial charge < -0.3 is 15.2 Å². The maximum atomic E-state index is 12.7. The number of β-amino-alcohol motifs (C(OH)–C–C–N with tert-alkyl or cyclic N) is 1. The monoisotopic (exact) mass is 268 g/mol. The first kappa shape index (κ1) is 14.2. The fraction of sp³-hybridized carbons (Fsp3) is 0.571. The average molecular weight is 268 g/mol. The Morgan fingerprint density at radius 1 is 1.26 bits per heavy atom. The zero-order valence-corrected chi connectivity index (χ0v) is 11.0. The van der Waals surface area contributed by atoms with Crippen molar-refractivity contribution in [1.82, 2.24) is 10.2 Å². The van der Waals surface area contributed by atoms with Crippen LogP contribution in [0.25, 0.3) is 0 Å². The Bertz CT molecular complexity index is 364. The van der Waals surface area contributed by atoms with Crippen LogP contribution < -0.4 is 10.1 Å². The number of rotatable bonds is 5. The summed E-state index contributed by atoms with van der Waals surface area (Å²) in [7, 11) is 0. The van der Waals surface area contributed by atoms with Crippen molar-refractivity contribution < 1.29 is 14.2 Å². The van der Waals surface area contributed by atoms with E-state index in [-0.39, 0.29) is 12.4 Å². The Kier molecular flexibility index (Phi) is 5.57. The van der Waals surface area contributed by atoms with E-state index in [0.29, 0.717) is 12.3 Å². The van der Waals surface area contributed by atoms with Crippen LogP contribution in [0.15, 0.2) is 24.3 Å². The standard InChI is InChI=1S/C14H21FN2O2/c15-12-2-4-14(5-3-12)19-11-13(18)10-17-8-1-6-16-7-9-17/h2-5,13,16,18H,1,6-11H2/t13-/m1/s1. The molecule has 1 saturated heterocycles. The molecule has 1 aromatic rings. The van der Waals surface area contributed by atoms with Crippen LogP contribution in [0.3, 0.4) is 0 Å². The summed E-state index contributed by atoms with van der Waals surface area (Å²) in [5.74, 6) is 0.294. The van der Waals surface area contributed by atoms with Gasteiger partial charge in [-0.3, -0.25) is 4.90 Å². The minimum absolute atomic E-state index is 0.232. The summed E-state index contributed by atoms with van der Waals surface area (Å²) in [5.41, 5.74) is 0. The molecular weight excluding hydrogens is 247 g/mol. The molecule has 1 aliphatic rings. The van der Waals surface area contributed by atoms with Gasteiger partial charge in [-0.1, -0.05) is 0 Å². The van der Waals surface area contributed by atoms with Crippen molar-refractivity contribution in [3.05, 3.63) is 30.1 Å². The lowest BCUT2D eigenvalue weighted by atomic mass is 10.3. The van der Waals surface area contributed by atoms with Gasteiger partial charge in [0.25, 0.3) is 0 Å². The van der Waals surface area contributed by atoms with Crippen LogP contribution in [-0.4, -0.2) is 55.4 Å². The van der Waals surface area contributed by atoms with Crippen molar-refractivity contribution in [1.29, 1.82) is 0 Å². The molecule has 106 valence electrons. The lowest BCUT2D eigenvalue weighted by molar-refractivity contribution is 0.0703. The van der Waals surface area contributed by atoms with E-state index >= 15 is 0 Å². The Morgan fingerprint density at radius 3 is 2.84 bits per heavy atom. The fourth-order valence-corrected chi connectivity index (χ4v) is 2.16. The predicted molar refractivity (Wildman–Crippen MR) is 71.8 cm³/mol. The molecule has 0 saturated carbocycles. The lowest BCUT2D eigenvalue weighted by Crippen LogP contribution is -2.37. The molecule has 1 heterocycles. The summed E-state index contributed by atoms with van der Waals surface area (Å²) in [6.07, 6.45) is 0.578. The molecule has 0 aliphatic carbocycles. The summed E-state index contributed by atoms with van der Waals surface area (Å²) in [4.78, 5) is 2.23. The number of hydrogen-bond acceptors (Lipinski definition) is 4. The maximum absolute atomic E-state index is 12.7. The van der Waals surface area contributed by atoms with Crippen LogP contribution >= 0.6 is 0 Å². The minimum Gasteiger partial charge on any atom is -0.491 e. The van der Waals surface area contributed by atoms with Gasteiger partial charge in [-0.2, -0.15) is 0 Å². The first-order valence-corrected chi connectivity index (χ1v) is 6.73. The first-order chi connectivity index (χ1) is 9.24. The topological polar surface area (TPSA) is 44.7 Å². The summed E-state index contributed by atoms with van der Waals surface area (Å²) in [5, 5.41) is 13.3. The molecule has 0 bridgehead atoms. The minimum atomic E-state index is -0.525. The normalized spacial score (nSPS) is 18.8. The maximum Gasteiger partial charge on any atom is 0.123 e. The third-order valence-electron chi connectivity index (χ3n) is 3.16. The number of benzene rings is 1. The molecule has 2 N–H and O–H groups in total. The molecule has 1 aliphatic heterocycles. The smallest absolute Gasteiger partial charge is 0.123 e. The largest absolute Gasteiger partial charge is 0.491 e. The Morgan fingerprint density at radius 2 is 2.05 bits per heavy atom. The SMILES string of the molecule is O[C@@H](COc1ccc(F)cc1)CN1CCCNCC1. The highest BCUT2D eigenvalue weighted by atomic mass is 19.1. The van der Waals surface area contributed by atoms with Crippen LogP contribution in [0.1, 0.15) is 6.42 Å². The third-order valence-corrected chi connectivity index (χ3v) is 3.16. The predicted octanol–water partition coefficient (Wildman–Crippen LogP) is 0.861. The van der Waals surface area contributed by atoms with Crippen molar-refractivity contribution >= 4 is 0 Å². The van der Waals surface area contributed by atoms with E-state index in [1.807, 2.05) is 0 Å². The number of hydrogen-bond donors (Lipinski definition) is 2. The Labute approximate surface area is 113 Å². The van der Waals surface area contributed by atoms with E-state index in [4.69, 9.17) is 4.74 Å². The first-order valence-electron chi connectivity index (χ1n) is 6.73. The van der Waals surface area contributed by atoms with Gasteiger partial charge in [-0.15, -0.1) is 0 Å². The molecular formula is C14H21FN2O2. The highest BCUT2D eigenvalue weighted by Gasteiger charge is 2.13. The van der Waals surface area contributed by atoms with Crippen molar-refractivity contribution in [3.8, 4) is 5.75 Å². The van der Waals surface area contributed by atoms with E-state index in [0.717, 1.165) is 32.6 Å². The van der Waals surface area contributed by atoms with Crippen LogP contribution in [0.2, 0.25) is 0 Å². The second-order valence-corrected chi connectivity index (χ2v) is 4.82. The zero-order chi connectivity index (χ0) is 13.5. The molecule has 0 unspecified atom stereocenters. The highest BCUT2D eigenvalue weighted by molar-refractivity contribution is 5.22. The van der Waals surface area contributed by atoms with E-state index in [9.17, 15) is 9.50 Å². The average Bonchev–Trinajstić information content (AvgIpc) is 2.67. The lowest BCUT2D eigenvalue weighted by Gasteiger charge is -2.22. The zero-order valence-electron chi connectivity index (χ0n) is 11.0. The van der Waals surface area contributed by atoms with Crippen molar-refractivity contribution in [2.75, 3.05) is 39.3 Å². The van der Waals surface area contributed by atoms with Gasteiger partial charge in [-0.05, 0) is 43.8 Å². The highest BCUT2D eigenvalue weighted by Crippen LogP contribution is 2.11. The van der Waals surface area contributed by atoms with Crippen LogP contribution in [0.4, 0.5) is 4.39 Å². The van der Waals surface area contributed by atoms with E-state index < -0.39 is 6.10 Å². The molecule has 1 aromatic carbocycles. The molecule has 0 aromatic heterocycles. The molecule has 1 atom stereocenters. The summed E-state index contributed by atoms with van der Waals surface area (Å²) in [6.45, 7) is 4.80. The molecule has 19 heavy (non-hydrogen) atoms. The second kappa shape index (κ2) is 7.43. The quantitative estimate of drug-likeness (QED) is 0.831. The number of nitrogens with zero attached hydrogens (tertiary/aromatic N) is 1. The number of aliphatic hydroxyl groups is 1. The Hall–Kier alpha value is -1.17. The molecule has 0 spiro atoms. The number of nitrogens with one attached hydrogen (secondary N) is 1. The van der Waals surface area contributed by atoms with E-state index in [2.05, 4.69) is 10.2 Å². The number of ether oxygens (including phenoxy) is 1. The molecule has 4 nitrogen and oxygen atoms in total. The van der Waals surface area contributed by atoms with Gasteiger partial charge >= 0.3 is 0 Å².